The van der Waals surface area contributed by atoms with Crippen molar-refractivity contribution in [1.82, 2.24) is 9.61 Å². The third-order valence-corrected chi connectivity index (χ3v) is 5.41. The molecule has 0 aliphatic heterocycles. The molecule has 0 saturated heterocycles. The molecule has 0 spiro atoms. The van der Waals surface area contributed by atoms with Gasteiger partial charge in [0.2, 0.25) is 0 Å². The maximum absolute atomic E-state index is 14.7. The molecule has 2 aromatic heterocycles. The molecule has 2 N–H and O–H groups in total. The van der Waals surface area contributed by atoms with E-state index in [1.807, 2.05) is 30.3 Å². The second-order valence-electron chi connectivity index (χ2n) is 6.37. The molecule has 4 aromatic rings. The number of benzene rings is 2. The van der Waals surface area contributed by atoms with Crippen LogP contribution in [0.4, 0.5) is 10.1 Å². The summed E-state index contributed by atoms with van der Waals surface area (Å²) in [6, 6.07) is 14.0. The first-order chi connectivity index (χ1) is 14.4. The average Bonchev–Trinajstić information content (AvgIpc) is 3.11. The van der Waals surface area contributed by atoms with Crippen LogP contribution in [0.15, 0.2) is 70.4 Å². The molecule has 4 rings (SSSR count). The molecule has 9 heteroatoms. The van der Waals surface area contributed by atoms with Gasteiger partial charge in [0, 0.05) is 22.8 Å². The van der Waals surface area contributed by atoms with Crippen LogP contribution in [-0.2, 0) is 6.61 Å². The molecule has 0 bridgehead atoms. The van der Waals surface area contributed by atoms with Gasteiger partial charge in [0.1, 0.15) is 23.9 Å². The Bertz CT molecular complexity index is 1240. The zero-order valence-electron chi connectivity index (χ0n) is 15.3. The summed E-state index contributed by atoms with van der Waals surface area (Å²) in [4.78, 5) is 4.15. The van der Waals surface area contributed by atoms with Crippen LogP contribution in [0.25, 0.3) is 5.52 Å². The average molecular weight is 508 g/mol. The Morgan fingerprint density at radius 1 is 1.20 bits per heavy atom. The highest BCUT2D eigenvalue weighted by Gasteiger charge is 2.15. The number of aromatic nitrogens is 2. The van der Waals surface area contributed by atoms with Crippen molar-refractivity contribution in [3.05, 3.63) is 92.4 Å². The molecule has 2 heterocycles. The van der Waals surface area contributed by atoms with Gasteiger partial charge in [0.05, 0.1) is 27.3 Å². The first-order valence-electron chi connectivity index (χ1n) is 8.75. The quantitative estimate of drug-likeness (QED) is 0.260. The molecule has 0 saturated carbocycles. The molecule has 2 aromatic carbocycles. The fraction of sp³-hybridized carbons (Fsp3) is 0.0476. The van der Waals surface area contributed by atoms with Crippen LogP contribution >= 0.6 is 39.1 Å². The van der Waals surface area contributed by atoms with Crippen molar-refractivity contribution < 1.29 is 9.13 Å². The van der Waals surface area contributed by atoms with Crippen LogP contribution in [0.3, 0.4) is 0 Å². The number of hydrogen-bond donors (Lipinski definition) is 1. The molecular formula is C21H14BrCl2FN4O. The number of amidine groups is 1. The van der Waals surface area contributed by atoms with E-state index in [4.69, 9.17) is 33.7 Å². The summed E-state index contributed by atoms with van der Waals surface area (Å²) in [6.45, 7) is 0.287. The predicted molar refractivity (Wildman–Crippen MR) is 120 cm³/mol. The highest BCUT2D eigenvalue weighted by atomic mass is 79.9. The number of rotatable bonds is 5. The Hall–Kier alpha value is -2.61. The van der Waals surface area contributed by atoms with Gasteiger partial charge in [-0.2, -0.15) is 5.10 Å². The molecule has 0 aliphatic rings. The lowest BCUT2D eigenvalue weighted by atomic mass is 10.2. The number of fused-ring (bicyclic) bond motifs is 1. The van der Waals surface area contributed by atoms with Gasteiger partial charge in [-0.05, 0) is 27.6 Å². The zero-order chi connectivity index (χ0) is 21.3. The molecule has 0 unspecified atom stereocenters. The molecular weight excluding hydrogens is 494 g/mol. The lowest BCUT2D eigenvalue weighted by Crippen LogP contribution is -2.15. The van der Waals surface area contributed by atoms with Crippen LogP contribution in [0.1, 0.15) is 11.1 Å². The summed E-state index contributed by atoms with van der Waals surface area (Å²) in [6.07, 6.45) is 3.22. The van der Waals surface area contributed by atoms with Crippen molar-refractivity contribution in [3.8, 4) is 5.75 Å². The minimum absolute atomic E-state index is 0.00826. The number of ether oxygens (including phenoxy) is 1. The van der Waals surface area contributed by atoms with Gasteiger partial charge in [-0.15, -0.1) is 0 Å². The largest absolute Gasteiger partial charge is 0.489 e. The number of nitrogens with two attached hydrogens (primary N) is 1. The summed E-state index contributed by atoms with van der Waals surface area (Å²) >= 11 is 16.0. The maximum Gasteiger partial charge on any atom is 0.154 e. The third-order valence-electron chi connectivity index (χ3n) is 4.29. The standard InChI is InChI=1S/C21H14BrCl2FN4O/c22-13-6-18-19(24)15(9-27-29(18)10-13)21(26)28-20-16(23)7-14(8-17(20)25)30-11-12-4-2-1-3-5-12/h1-10H,11H2,(H2,26,28). The molecule has 0 fully saturated rings. The van der Waals surface area contributed by atoms with E-state index < -0.39 is 5.82 Å². The Labute approximate surface area is 190 Å². The van der Waals surface area contributed by atoms with Crippen molar-refractivity contribution in [2.24, 2.45) is 10.7 Å². The molecule has 30 heavy (non-hydrogen) atoms. The summed E-state index contributed by atoms with van der Waals surface area (Å²) in [5.41, 5.74) is 7.94. The molecule has 0 atom stereocenters. The minimum atomic E-state index is -0.663. The van der Waals surface area contributed by atoms with Crippen molar-refractivity contribution in [2.75, 3.05) is 0 Å². The Kier molecular flexibility index (Phi) is 5.94. The van der Waals surface area contributed by atoms with Crippen molar-refractivity contribution >= 4 is 56.2 Å². The first kappa shape index (κ1) is 20.7. The molecule has 5 nitrogen and oxygen atoms in total. The monoisotopic (exact) mass is 506 g/mol. The van der Waals surface area contributed by atoms with Crippen LogP contribution in [0.5, 0.6) is 5.75 Å². The fourth-order valence-electron chi connectivity index (χ4n) is 2.83. The van der Waals surface area contributed by atoms with Crippen LogP contribution in [-0.4, -0.2) is 15.4 Å². The molecule has 0 amide bonds. The lowest BCUT2D eigenvalue weighted by molar-refractivity contribution is 0.304. The van der Waals surface area contributed by atoms with Crippen LogP contribution in [0.2, 0.25) is 10.0 Å². The summed E-state index contributed by atoms with van der Waals surface area (Å²) in [5.74, 6) is -0.381. The SMILES string of the molecule is N/C(=N\c1c(F)cc(OCc2ccccc2)cc1Cl)c1cnn2cc(Br)cc2c1Cl. The van der Waals surface area contributed by atoms with Crippen molar-refractivity contribution in [3.63, 3.8) is 0 Å². The van der Waals surface area contributed by atoms with E-state index in [2.05, 4.69) is 26.0 Å². The summed E-state index contributed by atoms with van der Waals surface area (Å²) in [5, 5.41) is 4.64. The Balaban J connectivity index is 1.62. The molecule has 0 aliphatic carbocycles. The highest BCUT2D eigenvalue weighted by Crippen LogP contribution is 2.34. The second-order valence-corrected chi connectivity index (χ2v) is 8.07. The first-order valence-corrected chi connectivity index (χ1v) is 10.3. The topological polar surface area (TPSA) is 64.9 Å². The van der Waals surface area contributed by atoms with E-state index in [0.717, 1.165) is 10.0 Å². The second kappa shape index (κ2) is 8.63. The summed E-state index contributed by atoms with van der Waals surface area (Å²) < 4.78 is 22.7. The lowest BCUT2D eigenvalue weighted by Gasteiger charge is -2.10. The van der Waals surface area contributed by atoms with Gasteiger partial charge in [-0.1, -0.05) is 53.5 Å². The maximum atomic E-state index is 14.7. The van der Waals surface area contributed by atoms with E-state index >= 15 is 0 Å². The van der Waals surface area contributed by atoms with E-state index in [1.165, 1.54) is 18.3 Å². The number of halogens is 4. The van der Waals surface area contributed by atoms with Crippen molar-refractivity contribution in [2.45, 2.75) is 6.61 Å². The van der Waals surface area contributed by atoms with E-state index in [9.17, 15) is 4.39 Å². The van der Waals surface area contributed by atoms with Gasteiger partial charge in [0.25, 0.3) is 0 Å². The third kappa shape index (κ3) is 4.28. The number of hydrogen-bond acceptors (Lipinski definition) is 3. The van der Waals surface area contributed by atoms with E-state index in [-0.39, 0.29) is 28.9 Å². The Morgan fingerprint density at radius 2 is 1.97 bits per heavy atom. The smallest absolute Gasteiger partial charge is 0.154 e. The van der Waals surface area contributed by atoms with E-state index in [1.54, 1.807) is 16.8 Å². The highest BCUT2D eigenvalue weighted by molar-refractivity contribution is 9.10. The van der Waals surface area contributed by atoms with Gasteiger partial charge in [0.15, 0.2) is 5.82 Å². The number of nitrogens with zero attached hydrogens (tertiary/aromatic N) is 3. The van der Waals surface area contributed by atoms with Gasteiger partial charge < -0.3 is 10.5 Å². The molecule has 152 valence electrons. The predicted octanol–water partition coefficient (Wildman–Crippen LogP) is 6.16. The van der Waals surface area contributed by atoms with Crippen molar-refractivity contribution in [1.29, 1.82) is 0 Å². The van der Waals surface area contributed by atoms with Crippen LogP contribution < -0.4 is 10.5 Å². The van der Waals surface area contributed by atoms with E-state index in [0.29, 0.717) is 16.1 Å². The van der Waals surface area contributed by atoms with Gasteiger partial charge in [-0.25, -0.2) is 13.9 Å². The minimum Gasteiger partial charge on any atom is -0.489 e. The van der Waals surface area contributed by atoms with Gasteiger partial charge in [-0.3, -0.25) is 0 Å². The summed E-state index contributed by atoms with van der Waals surface area (Å²) in [7, 11) is 0. The fourth-order valence-corrected chi connectivity index (χ4v) is 3.76. The zero-order valence-corrected chi connectivity index (χ0v) is 18.4. The normalized spacial score (nSPS) is 11.8. The molecule has 0 radical (unpaired) electrons. The van der Waals surface area contributed by atoms with Gasteiger partial charge >= 0.3 is 0 Å². The number of aliphatic imine (C=N–C) groups is 1. The Morgan fingerprint density at radius 3 is 2.70 bits per heavy atom. The van der Waals surface area contributed by atoms with Crippen LogP contribution in [0, 0.1) is 5.82 Å².